The Labute approximate surface area is 77.3 Å². The molecule has 0 saturated carbocycles. The summed E-state index contributed by atoms with van der Waals surface area (Å²) in [5, 5.41) is 0. The van der Waals surface area contributed by atoms with Crippen LogP contribution in [0, 0.1) is 5.92 Å². The van der Waals surface area contributed by atoms with E-state index in [-0.39, 0.29) is 11.7 Å². The molecule has 1 aliphatic rings. The molecule has 1 aliphatic carbocycles. The van der Waals surface area contributed by atoms with Crippen molar-refractivity contribution in [2.75, 3.05) is 7.05 Å². The van der Waals surface area contributed by atoms with Crippen molar-refractivity contribution in [3.8, 4) is 0 Å². The van der Waals surface area contributed by atoms with Crippen LogP contribution in [-0.2, 0) is 0 Å². The first-order chi connectivity index (χ1) is 6.25. The zero-order chi connectivity index (χ0) is 9.42. The first kappa shape index (κ1) is 8.17. The number of rotatable bonds is 0. The number of aliphatic imine (C=N–C) groups is 1. The van der Waals surface area contributed by atoms with E-state index in [1.54, 1.807) is 7.05 Å². The third-order valence-electron chi connectivity index (χ3n) is 2.51. The molecule has 0 saturated heterocycles. The van der Waals surface area contributed by atoms with E-state index in [1.165, 1.54) is 0 Å². The molecule has 1 aromatic rings. The average Bonchev–Trinajstić information content (AvgIpc) is 2.41. The first-order valence-electron chi connectivity index (χ1n) is 4.36. The number of Topliss-reactive ketones (excluding diaryl/α,β-unsaturated/α-hetero) is 1. The molecule has 0 fully saturated rings. The zero-order valence-electron chi connectivity index (χ0n) is 7.74. The smallest absolute Gasteiger partial charge is 0.172 e. The molecule has 0 spiro atoms. The highest BCUT2D eigenvalue weighted by molar-refractivity contribution is 6.28. The van der Waals surface area contributed by atoms with Crippen molar-refractivity contribution < 1.29 is 4.79 Å². The maximum Gasteiger partial charge on any atom is 0.172 e. The number of hydrogen-bond acceptors (Lipinski definition) is 2. The van der Waals surface area contributed by atoms with Crippen molar-refractivity contribution in [3.63, 3.8) is 0 Å². The van der Waals surface area contributed by atoms with Crippen molar-refractivity contribution >= 4 is 11.5 Å². The van der Waals surface area contributed by atoms with Gasteiger partial charge in [0.1, 0.15) is 0 Å². The van der Waals surface area contributed by atoms with Crippen molar-refractivity contribution in [3.05, 3.63) is 35.4 Å². The molecular formula is C11H11NO. The van der Waals surface area contributed by atoms with Gasteiger partial charge in [0.15, 0.2) is 5.78 Å². The Kier molecular flexibility index (Phi) is 1.76. The summed E-state index contributed by atoms with van der Waals surface area (Å²) in [4.78, 5) is 15.8. The van der Waals surface area contributed by atoms with Crippen LogP contribution in [0.5, 0.6) is 0 Å². The predicted octanol–water partition coefficient (Wildman–Crippen LogP) is 1.94. The molecule has 1 unspecified atom stereocenters. The van der Waals surface area contributed by atoms with E-state index in [4.69, 9.17) is 0 Å². The summed E-state index contributed by atoms with van der Waals surface area (Å²) in [5.74, 6) is 0.124. The highest BCUT2D eigenvalue weighted by atomic mass is 16.1. The summed E-state index contributed by atoms with van der Waals surface area (Å²) in [6, 6.07) is 7.66. The lowest BCUT2D eigenvalue weighted by molar-refractivity contribution is 0.0968. The number of ketones is 1. The Morgan fingerprint density at radius 3 is 2.46 bits per heavy atom. The summed E-state index contributed by atoms with van der Waals surface area (Å²) in [5.41, 5.74) is 2.73. The first-order valence-corrected chi connectivity index (χ1v) is 4.36. The van der Waals surface area contributed by atoms with Crippen molar-refractivity contribution in [1.82, 2.24) is 0 Å². The van der Waals surface area contributed by atoms with Gasteiger partial charge >= 0.3 is 0 Å². The molecule has 0 aromatic heterocycles. The summed E-state index contributed by atoms with van der Waals surface area (Å²) < 4.78 is 0. The molecule has 0 heterocycles. The van der Waals surface area contributed by atoms with Gasteiger partial charge in [-0.2, -0.15) is 0 Å². The molecule has 0 radical (unpaired) electrons. The molecule has 2 heteroatoms. The van der Waals surface area contributed by atoms with Gasteiger partial charge in [-0.05, 0) is 6.92 Å². The van der Waals surface area contributed by atoms with Crippen molar-refractivity contribution in [2.24, 2.45) is 10.9 Å². The van der Waals surface area contributed by atoms with Crippen LogP contribution in [-0.4, -0.2) is 18.5 Å². The lowest BCUT2D eigenvalue weighted by Gasteiger charge is -1.99. The second-order valence-electron chi connectivity index (χ2n) is 3.24. The summed E-state index contributed by atoms with van der Waals surface area (Å²) in [7, 11) is 1.74. The van der Waals surface area contributed by atoms with E-state index in [1.807, 2.05) is 31.2 Å². The quantitative estimate of drug-likeness (QED) is 0.589. The van der Waals surface area contributed by atoms with E-state index in [2.05, 4.69) is 4.99 Å². The molecule has 2 rings (SSSR count). The number of carbonyl (C=O) groups is 1. The van der Waals surface area contributed by atoms with Crippen molar-refractivity contribution in [2.45, 2.75) is 6.92 Å². The molecule has 13 heavy (non-hydrogen) atoms. The summed E-state index contributed by atoms with van der Waals surface area (Å²) >= 11 is 0. The van der Waals surface area contributed by atoms with E-state index >= 15 is 0 Å². The van der Waals surface area contributed by atoms with Gasteiger partial charge in [-0.1, -0.05) is 24.3 Å². The minimum atomic E-state index is -0.0672. The maximum absolute atomic E-state index is 11.7. The van der Waals surface area contributed by atoms with E-state index in [0.717, 1.165) is 16.8 Å². The van der Waals surface area contributed by atoms with Gasteiger partial charge in [0.25, 0.3) is 0 Å². The number of carbonyl (C=O) groups excluding carboxylic acids is 1. The third-order valence-corrected chi connectivity index (χ3v) is 2.51. The van der Waals surface area contributed by atoms with E-state index < -0.39 is 0 Å². The second kappa shape index (κ2) is 2.80. The van der Waals surface area contributed by atoms with Gasteiger partial charge < -0.3 is 0 Å². The van der Waals surface area contributed by atoms with Crippen LogP contribution in [0.3, 0.4) is 0 Å². The number of hydrogen-bond donors (Lipinski definition) is 0. The van der Waals surface area contributed by atoms with Gasteiger partial charge in [-0.15, -0.1) is 0 Å². The molecule has 66 valence electrons. The van der Waals surface area contributed by atoms with Gasteiger partial charge in [0.05, 0.1) is 11.6 Å². The Bertz CT molecular complexity index is 393. The molecule has 0 amide bonds. The van der Waals surface area contributed by atoms with Crippen LogP contribution in [0.4, 0.5) is 0 Å². The van der Waals surface area contributed by atoms with Crippen LogP contribution >= 0.6 is 0 Å². The highest BCUT2D eigenvalue weighted by Gasteiger charge is 2.31. The third kappa shape index (κ3) is 1.02. The Balaban J connectivity index is 2.67. The van der Waals surface area contributed by atoms with Crippen LogP contribution in [0.1, 0.15) is 22.8 Å². The maximum atomic E-state index is 11.7. The minimum Gasteiger partial charge on any atom is -0.293 e. The average molecular weight is 173 g/mol. The van der Waals surface area contributed by atoms with Crippen LogP contribution in [0.25, 0.3) is 0 Å². The zero-order valence-corrected chi connectivity index (χ0v) is 7.74. The number of benzene rings is 1. The van der Waals surface area contributed by atoms with Gasteiger partial charge in [0.2, 0.25) is 0 Å². The monoisotopic (exact) mass is 173 g/mol. The fourth-order valence-corrected chi connectivity index (χ4v) is 1.83. The fourth-order valence-electron chi connectivity index (χ4n) is 1.83. The summed E-state index contributed by atoms with van der Waals surface area (Å²) in [6.45, 7) is 1.91. The van der Waals surface area contributed by atoms with E-state index in [0.29, 0.717) is 0 Å². The molecule has 1 atom stereocenters. The van der Waals surface area contributed by atoms with Gasteiger partial charge in [-0.25, -0.2) is 0 Å². The largest absolute Gasteiger partial charge is 0.293 e. The standard InChI is InChI=1S/C11H11NO/c1-7-10(12-2)8-5-3-4-6-9(8)11(7)13/h3-7H,1-2H3. The van der Waals surface area contributed by atoms with Gasteiger partial charge in [-0.3, -0.25) is 9.79 Å². The van der Waals surface area contributed by atoms with Crippen LogP contribution in [0.15, 0.2) is 29.3 Å². The molecule has 1 aromatic carbocycles. The molecule has 0 N–H and O–H groups in total. The number of nitrogens with zero attached hydrogens (tertiary/aromatic N) is 1. The van der Waals surface area contributed by atoms with Crippen LogP contribution in [0.2, 0.25) is 0 Å². The highest BCUT2D eigenvalue weighted by Crippen LogP contribution is 2.26. The van der Waals surface area contributed by atoms with Crippen molar-refractivity contribution in [1.29, 1.82) is 0 Å². The Morgan fingerprint density at radius 1 is 1.23 bits per heavy atom. The fraction of sp³-hybridized carbons (Fsp3) is 0.273. The Hall–Kier alpha value is -1.44. The summed E-state index contributed by atoms with van der Waals surface area (Å²) in [6.07, 6.45) is 0. The van der Waals surface area contributed by atoms with E-state index in [9.17, 15) is 4.79 Å². The normalized spacial score (nSPS) is 23.7. The lowest BCUT2D eigenvalue weighted by atomic mass is 10.1. The molecule has 2 nitrogen and oxygen atoms in total. The van der Waals surface area contributed by atoms with Gasteiger partial charge in [0, 0.05) is 18.2 Å². The molecule has 0 bridgehead atoms. The SMILES string of the molecule is CN=C1c2ccccc2C(=O)C1C. The molecule has 0 aliphatic heterocycles. The second-order valence-corrected chi connectivity index (χ2v) is 3.24. The Morgan fingerprint density at radius 2 is 1.85 bits per heavy atom. The predicted molar refractivity (Wildman–Crippen MR) is 52.4 cm³/mol. The van der Waals surface area contributed by atoms with Crippen LogP contribution < -0.4 is 0 Å². The topological polar surface area (TPSA) is 29.4 Å². The minimum absolute atomic E-state index is 0.0672. The molecular weight excluding hydrogens is 162 g/mol. The number of fused-ring (bicyclic) bond motifs is 1. The lowest BCUT2D eigenvalue weighted by Crippen LogP contribution is -2.10.